The number of aryl methyl sites for hydroxylation is 1. The Balaban J connectivity index is 2.41. The number of carbonyl (C=O) groups excluding carboxylic acids is 2. The predicted molar refractivity (Wildman–Crippen MR) is 81.2 cm³/mol. The number of rotatable bonds is 1. The molecule has 2 heterocycles. The fourth-order valence-corrected chi connectivity index (χ4v) is 2.77. The van der Waals surface area contributed by atoms with Crippen LogP contribution in [0.15, 0.2) is 22.9 Å². The third-order valence-electron chi connectivity index (χ3n) is 3.97. The van der Waals surface area contributed by atoms with Crippen LogP contribution in [0, 0.1) is 6.92 Å². The fourth-order valence-electron chi connectivity index (χ4n) is 2.77. The molecule has 1 aliphatic heterocycles. The fraction of sp³-hybridized carbons (Fsp3) is 0.333. The molecule has 1 aromatic heterocycles. The molecule has 1 fully saturated rings. The number of anilines is 1. The van der Waals surface area contributed by atoms with E-state index in [0.29, 0.717) is 0 Å². The molecular weight excluding hydrogens is 284 g/mol. The van der Waals surface area contributed by atoms with Crippen molar-refractivity contribution in [2.24, 2.45) is 0 Å². The predicted octanol–water partition coefficient (Wildman–Crippen LogP) is 0.439. The van der Waals surface area contributed by atoms with Crippen LogP contribution < -0.4 is 16.6 Å². The minimum atomic E-state index is -1.34. The van der Waals surface area contributed by atoms with Gasteiger partial charge in [0, 0.05) is 12.1 Å². The summed E-state index contributed by atoms with van der Waals surface area (Å²) < 4.78 is 24.7. The molecule has 7 nitrogen and oxygen atoms in total. The lowest BCUT2D eigenvalue weighted by Gasteiger charge is -2.34. The largest absolute Gasteiger partial charge is 0.398 e. The first-order chi connectivity index (χ1) is 11.6. The lowest BCUT2D eigenvalue weighted by Crippen LogP contribution is -2.56. The molecule has 2 aromatic rings. The van der Waals surface area contributed by atoms with Gasteiger partial charge >= 0.3 is 0 Å². The maximum Gasteiger partial charge on any atom is 0.264 e. The van der Waals surface area contributed by atoms with Crippen molar-refractivity contribution in [3.05, 3.63) is 34.3 Å². The van der Waals surface area contributed by atoms with Gasteiger partial charge in [0.25, 0.3) is 11.5 Å². The van der Waals surface area contributed by atoms with Gasteiger partial charge in [0.1, 0.15) is 11.4 Å². The minimum absolute atomic E-state index is 0.0701. The molecule has 1 atom stereocenters. The topological polar surface area (TPSA) is 107 Å². The summed E-state index contributed by atoms with van der Waals surface area (Å²) in [5, 5.41) is 2.05. The van der Waals surface area contributed by atoms with E-state index in [-0.39, 0.29) is 41.3 Å². The lowest BCUT2D eigenvalue weighted by atomic mass is 9.90. The monoisotopic (exact) mass is 303 g/mol. The molecule has 3 N–H and O–H groups in total. The Morgan fingerprint density at radius 3 is 2.82 bits per heavy atom. The summed E-state index contributed by atoms with van der Waals surface area (Å²) in [6.45, 7) is 3.03. The van der Waals surface area contributed by atoms with Crippen molar-refractivity contribution in [1.29, 1.82) is 0 Å². The van der Waals surface area contributed by atoms with Crippen molar-refractivity contribution in [2.45, 2.75) is 32.2 Å². The molecule has 1 aromatic carbocycles. The number of nitrogens with two attached hydrogens (primary N) is 1. The van der Waals surface area contributed by atoms with Gasteiger partial charge < -0.3 is 5.73 Å². The normalized spacial score (nSPS) is 23.8. The molecule has 3 rings (SSSR count). The van der Waals surface area contributed by atoms with E-state index in [2.05, 4.69) is 10.3 Å². The standard InChI is InChI=1S/C15H16N4O3/c1-8-17-10-5-3-4-9(16)12(10)13(21)19(8)15(2)7-6-11(20)18-14(15)22/h3-5H,6-7,16H2,1-2H3,(H,18,20,22)/t15-/m0/s1/i3D,4D,5D. The van der Waals surface area contributed by atoms with Crippen molar-refractivity contribution < 1.29 is 13.7 Å². The average Bonchev–Trinajstić information content (AvgIpc) is 2.54. The minimum Gasteiger partial charge on any atom is -0.398 e. The van der Waals surface area contributed by atoms with Crippen molar-refractivity contribution >= 4 is 28.4 Å². The summed E-state index contributed by atoms with van der Waals surface area (Å²) >= 11 is 0. The number of amides is 2. The number of nitrogens with one attached hydrogen (secondary N) is 1. The molecule has 22 heavy (non-hydrogen) atoms. The van der Waals surface area contributed by atoms with Gasteiger partial charge in [-0.15, -0.1) is 0 Å². The second-order valence-electron chi connectivity index (χ2n) is 5.46. The number of carbonyl (C=O) groups is 2. The van der Waals surface area contributed by atoms with Crippen LogP contribution in [0.25, 0.3) is 10.9 Å². The maximum atomic E-state index is 13.1. The Morgan fingerprint density at radius 1 is 1.41 bits per heavy atom. The summed E-state index contributed by atoms with van der Waals surface area (Å²) in [4.78, 5) is 41.1. The summed E-state index contributed by atoms with van der Waals surface area (Å²) in [5.74, 6) is -0.875. The number of nitrogens with zero attached hydrogens (tertiary/aromatic N) is 2. The third kappa shape index (κ3) is 1.89. The average molecular weight is 303 g/mol. The number of piperidine rings is 1. The van der Waals surface area contributed by atoms with Crippen molar-refractivity contribution in [3.8, 4) is 0 Å². The molecule has 0 bridgehead atoms. The highest BCUT2D eigenvalue weighted by Crippen LogP contribution is 2.27. The highest BCUT2D eigenvalue weighted by atomic mass is 16.2. The van der Waals surface area contributed by atoms with Crippen molar-refractivity contribution in [1.82, 2.24) is 14.9 Å². The highest BCUT2D eigenvalue weighted by Gasteiger charge is 2.42. The number of aromatic nitrogens is 2. The number of nitrogen functional groups attached to an aromatic ring is 1. The quantitative estimate of drug-likeness (QED) is 0.587. The van der Waals surface area contributed by atoms with E-state index < -0.39 is 35.0 Å². The van der Waals surface area contributed by atoms with Gasteiger partial charge in [-0.1, -0.05) is 6.04 Å². The van der Waals surface area contributed by atoms with E-state index >= 15 is 0 Å². The summed E-state index contributed by atoms with van der Waals surface area (Å²) in [6.07, 6.45) is 0.185. The zero-order chi connectivity index (χ0) is 18.7. The molecule has 7 heteroatoms. The Hall–Kier alpha value is -2.70. The first kappa shape index (κ1) is 10.9. The van der Waals surface area contributed by atoms with E-state index in [1.165, 1.54) is 13.8 Å². The number of fused-ring (bicyclic) bond motifs is 1. The highest BCUT2D eigenvalue weighted by molar-refractivity contribution is 6.01. The van der Waals surface area contributed by atoms with E-state index in [4.69, 9.17) is 9.85 Å². The Kier molecular flexibility index (Phi) is 2.32. The molecule has 1 aliphatic rings. The molecule has 0 saturated carbocycles. The third-order valence-corrected chi connectivity index (χ3v) is 3.97. The van der Waals surface area contributed by atoms with E-state index in [1.54, 1.807) is 0 Å². The first-order valence-electron chi connectivity index (χ1n) is 8.23. The Labute approximate surface area is 130 Å². The van der Waals surface area contributed by atoms with Gasteiger partial charge in [-0.05, 0) is 32.4 Å². The van der Waals surface area contributed by atoms with Crippen LogP contribution in [0.3, 0.4) is 0 Å². The van der Waals surface area contributed by atoms with Gasteiger partial charge in [0.05, 0.1) is 15.0 Å². The van der Waals surface area contributed by atoms with Gasteiger partial charge in [-0.2, -0.15) is 0 Å². The molecule has 0 unspecified atom stereocenters. The van der Waals surface area contributed by atoms with E-state index in [9.17, 15) is 14.4 Å². The summed E-state index contributed by atoms with van der Waals surface area (Å²) in [6, 6.07) is -1.21. The SMILES string of the molecule is [2H]c1c([2H])c(N)c2c(=O)n([C@@]3(C)CCC(=O)NC3=O)c(C)nc2c1[2H]. The number of imide groups is 1. The van der Waals surface area contributed by atoms with E-state index in [1.807, 2.05) is 0 Å². The smallest absolute Gasteiger partial charge is 0.264 e. The molecule has 0 aliphatic carbocycles. The molecule has 1 saturated heterocycles. The maximum absolute atomic E-state index is 13.1. The molecular formula is C15H16N4O3. The van der Waals surface area contributed by atoms with Gasteiger partial charge in [0.2, 0.25) is 5.91 Å². The van der Waals surface area contributed by atoms with Crippen LogP contribution in [0.5, 0.6) is 0 Å². The van der Waals surface area contributed by atoms with E-state index in [0.717, 1.165) is 4.57 Å². The van der Waals surface area contributed by atoms with Crippen molar-refractivity contribution in [3.63, 3.8) is 0 Å². The van der Waals surface area contributed by atoms with Crippen LogP contribution in [-0.2, 0) is 15.1 Å². The van der Waals surface area contributed by atoms with Crippen LogP contribution in [0.2, 0.25) is 0 Å². The Morgan fingerprint density at radius 2 is 2.14 bits per heavy atom. The van der Waals surface area contributed by atoms with Crippen LogP contribution in [0.1, 0.15) is 29.7 Å². The zero-order valence-electron chi connectivity index (χ0n) is 15.1. The Bertz CT molecular complexity index is 1020. The molecule has 2 amide bonds. The first-order valence-corrected chi connectivity index (χ1v) is 6.73. The van der Waals surface area contributed by atoms with Gasteiger partial charge in [-0.25, -0.2) is 4.98 Å². The summed E-state index contributed by atoms with van der Waals surface area (Å²) in [7, 11) is 0. The molecule has 0 spiro atoms. The zero-order valence-corrected chi connectivity index (χ0v) is 12.1. The lowest BCUT2D eigenvalue weighted by molar-refractivity contribution is -0.140. The van der Waals surface area contributed by atoms with Crippen molar-refractivity contribution in [2.75, 3.05) is 5.73 Å². The van der Waals surface area contributed by atoms with Crippen LogP contribution in [0.4, 0.5) is 5.69 Å². The van der Waals surface area contributed by atoms with Crippen LogP contribution in [-0.4, -0.2) is 21.4 Å². The molecule has 114 valence electrons. The molecule has 0 radical (unpaired) electrons. The number of hydrogen-bond acceptors (Lipinski definition) is 5. The van der Waals surface area contributed by atoms with Crippen LogP contribution >= 0.6 is 0 Å². The summed E-state index contributed by atoms with van der Waals surface area (Å²) in [5.41, 5.74) is 3.50. The number of hydrogen-bond donors (Lipinski definition) is 2. The second-order valence-corrected chi connectivity index (χ2v) is 5.46. The number of benzene rings is 1. The second kappa shape index (κ2) is 4.66. The van der Waals surface area contributed by atoms with Gasteiger partial charge in [0.15, 0.2) is 0 Å². The van der Waals surface area contributed by atoms with Gasteiger partial charge in [-0.3, -0.25) is 24.3 Å².